The van der Waals surface area contributed by atoms with Crippen molar-refractivity contribution in [2.24, 2.45) is 0 Å². The number of aryl methyl sites for hydroxylation is 2. The van der Waals surface area contributed by atoms with Crippen LogP contribution in [-0.2, 0) is 14.8 Å². The molecule has 1 atom stereocenters. The first kappa shape index (κ1) is 22.7. The first-order valence-electron chi connectivity index (χ1n) is 9.14. The number of amides is 1. The van der Waals surface area contributed by atoms with Gasteiger partial charge in [0.15, 0.2) is 11.5 Å². The quantitative estimate of drug-likeness (QED) is 0.717. The van der Waals surface area contributed by atoms with Crippen LogP contribution in [0.2, 0.25) is 0 Å². The molecular weight excluding hydrogens is 392 g/mol. The van der Waals surface area contributed by atoms with E-state index >= 15 is 0 Å². The normalized spacial score (nSPS) is 12.4. The molecule has 8 heteroatoms. The topological polar surface area (TPSA) is 93.7 Å². The fourth-order valence-electron chi connectivity index (χ4n) is 3.09. The van der Waals surface area contributed by atoms with Gasteiger partial charge in [0.05, 0.1) is 25.2 Å². The molecule has 0 radical (unpaired) electrons. The van der Waals surface area contributed by atoms with E-state index in [4.69, 9.17) is 9.47 Å². The van der Waals surface area contributed by atoms with Crippen LogP contribution in [0.15, 0.2) is 29.2 Å². The summed E-state index contributed by atoms with van der Waals surface area (Å²) >= 11 is 0. The van der Waals surface area contributed by atoms with Crippen molar-refractivity contribution in [3.63, 3.8) is 0 Å². The van der Waals surface area contributed by atoms with E-state index < -0.39 is 22.0 Å². The van der Waals surface area contributed by atoms with Gasteiger partial charge in [-0.2, -0.15) is 4.72 Å². The van der Waals surface area contributed by atoms with Gasteiger partial charge in [0.25, 0.3) is 0 Å². The molecule has 0 aliphatic carbocycles. The van der Waals surface area contributed by atoms with Gasteiger partial charge in [-0.05, 0) is 69.0 Å². The molecule has 2 aromatic rings. The van der Waals surface area contributed by atoms with E-state index in [-0.39, 0.29) is 4.90 Å². The number of ether oxygens (including phenoxy) is 2. The summed E-state index contributed by atoms with van der Waals surface area (Å²) in [5, 5.41) is 2.69. The zero-order valence-corrected chi connectivity index (χ0v) is 18.7. The number of sulfonamides is 1. The van der Waals surface area contributed by atoms with Gasteiger partial charge in [-0.3, -0.25) is 4.79 Å². The number of carbonyl (C=O) groups is 1. The maximum Gasteiger partial charge on any atom is 0.242 e. The van der Waals surface area contributed by atoms with Crippen molar-refractivity contribution >= 4 is 21.6 Å². The summed E-state index contributed by atoms with van der Waals surface area (Å²) in [6.45, 7) is 8.78. The Morgan fingerprint density at radius 2 is 1.48 bits per heavy atom. The summed E-state index contributed by atoms with van der Waals surface area (Å²) in [6, 6.07) is 5.89. The summed E-state index contributed by atoms with van der Waals surface area (Å²) in [7, 11) is -0.870. The second-order valence-electron chi connectivity index (χ2n) is 6.99. The smallest absolute Gasteiger partial charge is 0.242 e. The van der Waals surface area contributed by atoms with Crippen LogP contribution < -0.4 is 19.5 Å². The van der Waals surface area contributed by atoms with Gasteiger partial charge in [0.2, 0.25) is 15.9 Å². The highest BCUT2D eigenvalue weighted by Crippen LogP contribution is 2.30. The fraction of sp³-hybridized carbons (Fsp3) is 0.381. The van der Waals surface area contributed by atoms with Crippen LogP contribution in [0.25, 0.3) is 0 Å². The Hall–Kier alpha value is -2.58. The molecule has 2 aromatic carbocycles. The van der Waals surface area contributed by atoms with Gasteiger partial charge < -0.3 is 14.8 Å². The molecule has 0 bridgehead atoms. The molecule has 0 unspecified atom stereocenters. The van der Waals surface area contributed by atoms with E-state index in [1.54, 1.807) is 32.0 Å². The zero-order valence-electron chi connectivity index (χ0n) is 17.8. The van der Waals surface area contributed by atoms with Gasteiger partial charge in [-0.1, -0.05) is 6.07 Å². The summed E-state index contributed by atoms with van der Waals surface area (Å²) in [5.74, 6) is 0.500. The Morgan fingerprint density at radius 1 is 0.931 bits per heavy atom. The molecule has 0 aliphatic heterocycles. The van der Waals surface area contributed by atoms with Crippen molar-refractivity contribution in [2.45, 2.75) is 45.6 Å². The second kappa shape index (κ2) is 8.84. The van der Waals surface area contributed by atoms with Crippen molar-refractivity contribution in [3.05, 3.63) is 46.5 Å². The minimum absolute atomic E-state index is 0.223. The standard InChI is InChI=1S/C21H28N2O5S/c1-12-10-13(2)15(4)20(14(12)3)29(25,26)23-16(5)21(24)22-17-8-9-18(27-6)19(11-17)28-7/h8-11,16,23H,1-7H3,(H,22,24)/t16-/m0/s1. The molecule has 2 rings (SSSR count). The predicted octanol–water partition coefficient (Wildman–Crippen LogP) is 3.24. The highest BCUT2D eigenvalue weighted by molar-refractivity contribution is 7.89. The first-order chi connectivity index (χ1) is 13.5. The van der Waals surface area contributed by atoms with Crippen LogP contribution >= 0.6 is 0 Å². The van der Waals surface area contributed by atoms with Crippen LogP contribution in [0.5, 0.6) is 11.5 Å². The molecular formula is C21H28N2O5S. The number of methoxy groups -OCH3 is 2. The molecule has 0 spiro atoms. The average Bonchev–Trinajstić information content (AvgIpc) is 2.65. The lowest BCUT2D eigenvalue weighted by molar-refractivity contribution is -0.117. The van der Waals surface area contributed by atoms with Crippen molar-refractivity contribution in [1.29, 1.82) is 0 Å². The lowest BCUT2D eigenvalue weighted by Gasteiger charge is -2.19. The van der Waals surface area contributed by atoms with Crippen LogP contribution in [0.3, 0.4) is 0 Å². The van der Waals surface area contributed by atoms with Gasteiger partial charge in [-0.25, -0.2) is 8.42 Å². The van der Waals surface area contributed by atoms with Gasteiger partial charge in [0.1, 0.15) is 0 Å². The van der Waals surface area contributed by atoms with E-state index in [1.165, 1.54) is 21.1 Å². The zero-order chi connectivity index (χ0) is 21.9. The Kier molecular flexibility index (Phi) is 6.92. The Morgan fingerprint density at radius 3 is 2.00 bits per heavy atom. The Labute approximate surface area is 172 Å². The van der Waals surface area contributed by atoms with E-state index in [2.05, 4.69) is 10.0 Å². The number of carbonyl (C=O) groups excluding carboxylic acids is 1. The van der Waals surface area contributed by atoms with Gasteiger partial charge in [0, 0.05) is 11.8 Å². The molecule has 1 amide bonds. The minimum atomic E-state index is -3.88. The van der Waals surface area contributed by atoms with E-state index in [9.17, 15) is 13.2 Å². The predicted molar refractivity (Wildman–Crippen MR) is 113 cm³/mol. The van der Waals surface area contributed by atoms with Crippen molar-refractivity contribution in [3.8, 4) is 11.5 Å². The SMILES string of the molecule is COc1ccc(NC(=O)[C@H](C)NS(=O)(=O)c2c(C)c(C)cc(C)c2C)cc1OC. The molecule has 0 saturated heterocycles. The molecule has 0 heterocycles. The lowest BCUT2D eigenvalue weighted by atomic mass is 10.0. The third-order valence-corrected chi connectivity index (χ3v) is 6.76. The molecule has 0 saturated carbocycles. The number of hydrogen-bond acceptors (Lipinski definition) is 5. The number of nitrogens with one attached hydrogen (secondary N) is 2. The third-order valence-electron chi connectivity index (χ3n) is 4.94. The molecule has 158 valence electrons. The van der Waals surface area contributed by atoms with Crippen LogP contribution in [0.1, 0.15) is 29.2 Å². The number of anilines is 1. The van der Waals surface area contributed by atoms with Crippen LogP contribution in [0.4, 0.5) is 5.69 Å². The summed E-state index contributed by atoms with van der Waals surface area (Å²) in [5.41, 5.74) is 3.59. The third kappa shape index (κ3) is 4.89. The van der Waals surface area contributed by atoms with E-state index in [0.29, 0.717) is 28.3 Å². The first-order valence-corrected chi connectivity index (χ1v) is 10.6. The maximum atomic E-state index is 13.0. The monoisotopic (exact) mass is 420 g/mol. The lowest BCUT2D eigenvalue weighted by Crippen LogP contribution is -2.42. The highest BCUT2D eigenvalue weighted by Gasteiger charge is 2.26. The summed E-state index contributed by atoms with van der Waals surface area (Å²) in [6.07, 6.45) is 0. The average molecular weight is 421 g/mol. The summed E-state index contributed by atoms with van der Waals surface area (Å²) in [4.78, 5) is 12.8. The molecule has 0 fully saturated rings. The van der Waals surface area contributed by atoms with Crippen LogP contribution in [-0.4, -0.2) is 34.6 Å². The van der Waals surface area contributed by atoms with Gasteiger partial charge in [-0.15, -0.1) is 0 Å². The van der Waals surface area contributed by atoms with Crippen molar-refractivity contribution in [2.75, 3.05) is 19.5 Å². The molecule has 0 aliphatic rings. The van der Waals surface area contributed by atoms with Crippen LogP contribution in [0, 0.1) is 27.7 Å². The Bertz CT molecular complexity index is 1010. The largest absolute Gasteiger partial charge is 0.493 e. The molecule has 2 N–H and O–H groups in total. The second-order valence-corrected chi connectivity index (χ2v) is 8.64. The van der Waals surface area contributed by atoms with E-state index in [1.807, 2.05) is 19.9 Å². The highest BCUT2D eigenvalue weighted by atomic mass is 32.2. The number of hydrogen-bond donors (Lipinski definition) is 2. The number of benzene rings is 2. The van der Waals surface area contributed by atoms with Crippen molar-refractivity contribution < 1.29 is 22.7 Å². The van der Waals surface area contributed by atoms with Gasteiger partial charge >= 0.3 is 0 Å². The fourth-order valence-corrected chi connectivity index (χ4v) is 4.91. The Balaban J connectivity index is 2.24. The van der Waals surface area contributed by atoms with Crippen molar-refractivity contribution in [1.82, 2.24) is 4.72 Å². The van der Waals surface area contributed by atoms with E-state index in [0.717, 1.165) is 11.1 Å². The minimum Gasteiger partial charge on any atom is -0.493 e. The maximum absolute atomic E-state index is 13.0. The number of rotatable bonds is 7. The summed E-state index contributed by atoms with van der Waals surface area (Å²) < 4.78 is 38.9. The molecule has 0 aromatic heterocycles. The molecule has 7 nitrogen and oxygen atoms in total. The molecule has 29 heavy (non-hydrogen) atoms.